The number of nitrogens with one attached hydrogen (secondary N) is 2. The third kappa shape index (κ3) is 3.81. The first kappa shape index (κ1) is 17.4. The van der Waals surface area contributed by atoms with Crippen LogP contribution < -0.4 is 10.6 Å². The molecule has 1 atom stereocenters. The fraction of sp³-hybridized carbons (Fsp3) is 0.556. The third-order valence-corrected chi connectivity index (χ3v) is 5.91. The Hall–Kier alpha value is -1.40. The number of anilines is 1. The van der Waals surface area contributed by atoms with Gasteiger partial charge < -0.3 is 15.5 Å². The van der Waals surface area contributed by atoms with Gasteiger partial charge in [0.05, 0.1) is 5.69 Å². The summed E-state index contributed by atoms with van der Waals surface area (Å²) in [5.41, 5.74) is 0.798. The van der Waals surface area contributed by atoms with Gasteiger partial charge in [0.15, 0.2) is 0 Å². The maximum atomic E-state index is 12.5. The summed E-state index contributed by atoms with van der Waals surface area (Å²) in [5.74, 6) is 0.809. The maximum Gasteiger partial charge on any atom is 0.227 e. The van der Waals surface area contributed by atoms with Crippen LogP contribution in [0.15, 0.2) is 28.7 Å². The molecular formula is C18H24BrN3O2. The van der Waals surface area contributed by atoms with Crippen LogP contribution >= 0.6 is 15.9 Å². The largest absolute Gasteiger partial charge is 0.342 e. The number of nitrogens with zero attached hydrogens (tertiary/aromatic N) is 1. The van der Waals surface area contributed by atoms with Crippen molar-refractivity contribution in [3.63, 3.8) is 0 Å². The average Bonchev–Trinajstić information content (AvgIpc) is 2.54. The summed E-state index contributed by atoms with van der Waals surface area (Å²) in [6, 6.07) is 7.61. The van der Waals surface area contributed by atoms with Gasteiger partial charge >= 0.3 is 0 Å². The van der Waals surface area contributed by atoms with E-state index in [1.807, 2.05) is 36.1 Å². The van der Waals surface area contributed by atoms with E-state index in [0.717, 1.165) is 36.1 Å². The molecule has 0 aromatic heterocycles. The van der Waals surface area contributed by atoms with E-state index in [2.05, 4.69) is 26.6 Å². The van der Waals surface area contributed by atoms with Crippen LogP contribution in [0, 0.1) is 17.8 Å². The van der Waals surface area contributed by atoms with Gasteiger partial charge in [-0.3, -0.25) is 9.59 Å². The highest BCUT2D eigenvalue weighted by atomic mass is 79.9. The number of para-hydroxylation sites is 1. The van der Waals surface area contributed by atoms with Crippen molar-refractivity contribution in [2.75, 3.05) is 31.5 Å². The highest BCUT2D eigenvalue weighted by Crippen LogP contribution is 2.26. The minimum Gasteiger partial charge on any atom is -0.342 e. The van der Waals surface area contributed by atoms with Gasteiger partial charge in [0.1, 0.15) is 0 Å². The SMILES string of the molecule is CC(C(=O)N1CCC(C(=O)Nc2ccccc2Br)CC1)C1CNC1. The molecule has 1 unspecified atom stereocenters. The Kier molecular flexibility index (Phi) is 5.56. The van der Waals surface area contributed by atoms with Crippen molar-refractivity contribution in [2.24, 2.45) is 17.8 Å². The summed E-state index contributed by atoms with van der Waals surface area (Å²) in [7, 11) is 0. The molecule has 2 fully saturated rings. The molecule has 2 saturated heterocycles. The van der Waals surface area contributed by atoms with Crippen LogP contribution in [0.2, 0.25) is 0 Å². The fourth-order valence-electron chi connectivity index (χ4n) is 3.31. The Bertz CT molecular complexity index is 610. The van der Waals surface area contributed by atoms with Crippen LogP contribution in [0.3, 0.4) is 0 Å². The Morgan fingerprint density at radius 2 is 1.92 bits per heavy atom. The first-order chi connectivity index (χ1) is 11.6. The number of benzene rings is 1. The van der Waals surface area contributed by atoms with E-state index in [1.165, 1.54) is 0 Å². The lowest BCUT2D eigenvalue weighted by Crippen LogP contribution is -2.52. The zero-order valence-corrected chi connectivity index (χ0v) is 15.5. The lowest BCUT2D eigenvalue weighted by Gasteiger charge is -2.37. The van der Waals surface area contributed by atoms with E-state index in [9.17, 15) is 9.59 Å². The van der Waals surface area contributed by atoms with Crippen LogP contribution in [0.25, 0.3) is 0 Å². The monoisotopic (exact) mass is 393 g/mol. The van der Waals surface area contributed by atoms with Gasteiger partial charge in [-0.15, -0.1) is 0 Å². The van der Waals surface area contributed by atoms with Gasteiger partial charge in [-0.25, -0.2) is 0 Å². The molecule has 1 aromatic carbocycles. The quantitative estimate of drug-likeness (QED) is 0.825. The summed E-state index contributed by atoms with van der Waals surface area (Å²) in [6.45, 7) is 5.27. The molecule has 2 aliphatic heterocycles. The smallest absolute Gasteiger partial charge is 0.227 e. The molecule has 6 heteroatoms. The normalized spacial score (nSPS) is 20.3. The second-order valence-electron chi connectivity index (χ2n) is 6.78. The van der Waals surface area contributed by atoms with E-state index in [4.69, 9.17) is 0 Å². The van der Waals surface area contributed by atoms with Crippen molar-refractivity contribution in [2.45, 2.75) is 19.8 Å². The van der Waals surface area contributed by atoms with Crippen molar-refractivity contribution >= 4 is 33.4 Å². The number of carbonyl (C=O) groups is 2. The molecule has 2 N–H and O–H groups in total. The molecule has 2 amide bonds. The number of carbonyl (C=O) groups excluding carboxylic acids is 2. The van der Waals surface area contributed by atoms with E-state index < -0.39 is 0 Å². The predicted molar refractivity (Wildman–Crippen MR) is 97.6 cm³/mol. The van der Waals surface area contributed by atoms with Gasteiger partial charge in [0.2, 0.25) is 11.8 Å². The molecule has 0 spiro atoms. The molecule has 1 aromatic rings. The molecule has 0 aliphatic carbocycles. The second-order valence-corrected chi connectivity index (χ2v) is 7.63. The summed E-state index contributed by atoms with van der Waals surface area (Å²) >= 11 is 3.45. The van der Waals surface area contributed by atoms with Gasteiger partial charge in [-0.05, 0) is 59.9 Å². The maximum absolute atomic E-state index is 12.5. The van der Waals surface area contributed by atoms with Crippen LogP contribution in [0.5, 0.6) is 0 Å². The molecule has 24 heavy (non-hydrogen) atoms. The minimum atomic E-state index is -0.0261. The molecular weight excluding hydrogens is 370 g/mol. The average molecular weight is 394 g/mol. The van der Waals surface area contributed by atoms with E-state index in [-0.39, 0.29) is 23.7 Å². The lowest BCUT2D eigenvalue weighted by molar-refractivity contribution is -0.140. The van der Waals surface area contributed by atoms with Gasteiger partial charge in [-0.2, -0.15) is 0 Å². The predicted octanol–water partition coefficient (Wildman–Crippen LogP) is 2.48. The molecule has 0 saturated carbocycles. The standard InChI is InChI=1S/C18H24BrN3O2/c1-12(14-10-20-11-14)18(24)22-8-6-13(7-9-22)17(23)21-16-5-3-2-4-15(16)19/h2-5,12-14,20H,6-11H2,1H3,(H,21,23). The van der Waals surface area contributed by atoms with E-state index in [0.29, 0.717) is 19.0 Å². The van der Waals surface area contributed by atoms with Crippen LogP contribution in [-0.4, -0.2) is 42.9 Å². The van der Waals surface area contributed by atoms with Crippen molar-refractivity contribution in [1.29, 1.82) is 0 Å². The highest BCUT2D eigenvalue weighted by Gasteiger charge is 2.34. The van der Waals surface area contributed by atoms with E-state index >= 15 is 0 Å². The molecule has 5 nitrogen and oxygen atoms in total. The van der Waals surface area contributed by atoms with Crippen molar-refractivity contribution in [3.8, 4) is 0 Å². The Balaban J connectivity index is 1.50. The third-order valence-electron chi connectivity index (χ3n) is 5.22. The second kappa shape index (κ2) is 7.66. The van der Waals surface area contributed by atoms with E-state index in [1.54, 1.807) is 0 Å². The number of hydrogen-bond acceptors (Lipinski definition) is 3. The molecule has 130 valence electrons. The number of rotatable bonds is 4. The number of halogens is 1. The number of hydrogen-bond donors (Lipinski definition) is 2. The molecule has 0 bridgehead atoms. The zero-order valence-electron chi connectivity index (χ0n) is 13.9. The number of piperidine rings is 1. The van der Waals surface area contributed by atoms with Crippen LogP contribution in [0.4, 0.5) is 5.69 Å². The first-order valence-electron chi connectivity index (χ1n) is 8.61. The first-order valence-corrected chi connectivity index (χ1v) is 9.40. The summed E-state index contributed by atoms with van der Waals surface area (Å²) in [4.78, 5) is 26.9. The lowest BCUT2D eigenvalue weighted by atomic mass is 9.87. The summed E-state index contributed by atoms with van der Waals surface area (Å²) in [6.07, 6.45) is 1.47. The Morgan fingerprint density at radius 3 is 2.50 bits per heavy atom. The molecule has 2 aliphatic rings. The zero-order chi connectivity index (χ0) is 17.1. The number of amides is 2. The van der Waals surface area contributed by atoms with Gasteiger partial charge in [0.25, 0.3) is 0 Å². The van der Waals surface area contributed by atoms with Gasteiger partial charge in [-0.1, -0.05) is 19.1 Å². The summed E-state index contributed by atoms with van der Waals surface area (Å²) in [5, 5.41) is 6.21. The van der Waals surface area contributed by atoms with Crippen molar-refractivity contribution in [1.82, 2.24) is 10.2 Å². The fourth-order valence-corrected chi connectivity index (χ4v) is 3.70. The molecule has 0 radical (unpaired) electrons. The van der Waals surface area contributed by atoms with Crippen molar-refractivity contribution < 1.29 is 9.59 Å². The molecule has 3 rings (SSSR count). The van der Waals surface area contributed by atoms with Crippen LogP contribution in [0.1, 0.15) is 19.8 Å². The summed E-state index contributed by atoms with van der Waals surface area (Å²) < 4.78 is 0.883. The topological polar surface area (TPSA) is 61.4 Å². The van der Waals surface area contributed by atoms with Gasteiger partial charge in [0, 0.05) is 29.4 Å². The minimum absolute atomic E-state index is 0.0261. The highest BCUT2D eigenvalue weighted by molar-refractivity contribution is 9.10. The number of likely N-dealkylation sites (tertiary alicyclic amines) is 1. The Morgan fingerprint density at radius 1 is 1.25 bits per heavy atom. The van der Waals surface area contributed by atoms with Crippen LogP contribution in [-0.2, 0) is 9.59 Å². The molecule has 2 heterocycles. The Labute approximate surface area is 151 Å². The van der Waals surface area contributed by atoms with Crippen molar-refractivity contribution in [3.05, 3.63) is 28.7 Å².